The van der Waals surface area contributed by atoms with Crippen LogP contribution < -0.4 is 114 Å². The second-order valence-electron chi connectivity index (χ2n) is 5.56. The maximum absolute atomic E-state index is 10.8. The van der Waals surface area contributed by atoms with Crippen LogP contribution in [0.2, 0.25) is 0 Å². The molecule has 0 aliphatic rings. The molecule has 32 heavy (non-hydrogen) atoms. The van der Waals surface area contributed by atoms with Crippen molar-refractivity contribution in [3.8, 4) is 0 Å². The summed E-state index contributed by atoms with van der Waals surface area (Å²) in [6.45, 7) is -4.16. The van der Waals surface area contributed by atoms with E-state index in [-0.39, 0.29) is 200 Å². The Morgan fingerprint density at radius 2 is 0.594 bits per heavy atom. The molecule has 0 rings (SSSR count). The van der Waals surface area contributed by atoms with Gasteiger partial charge in [-0.1, -0.05) is 0 Å². The largest absolute Gasteiger partial charge is 2.00 e. The van der Waals surface area contributed by atoms with Crippen molar-refractivity contribution < 1.29 is 185 Å². The molecule has 0 aromatic rings. The summed E-state index contributed by atoms with van der Waals surface area (Å²) in [5, 5.41) is 53.3. The molecule has 0 saturated carbocycles. The molecule has 13 nitrogen and oxygen atoms in total. The van der Waals surface area contributed by atoms with Gasteiger partial charge in [0.1, 0.15) is 0 Å². The average Bonchev–Trinajstić information content (AvgIpc) is 2.46. The van der Waals surface area contributed by atoms with Gasteiger partial charge in [0.15, 0.2) is 0 Å². The summed E-state index contributed by atoms with van der Waals surface area (Å²) in [7, 11) is 0. The van der Waals surface area contributed by atoms with Crippen molar-refractivity contribution in [1.82, 2.24) is 14.7 Å². The van der Waals surface area contributed by atoms with Crippen LogP contribution in [0.15, 0.2) is 0 Å². The first-order chi connectivity index (χ1) is 12.5. The monoisotopic (exact) mass is 671 g/mol. The van der Waals surface area contributed by atoms with Gasteiger partial charge in [0.2, 0.25) is 0 Å². The standard InChI is InChI=1S/C14H23N3O10.Ca.3Na.Yb/c18-10(19)5-15(1-3-16(6-11(20)21)7-12(22)23)2-4-17(8-13(24)25)9-14(26)27;;;;;/h1-9H2,(H,18,19)(H,20,21)(H,22,23)(H,24,25)(H,26,27);;;;;/q;+2;3*+1;/p-5. The Morgan fingerprint density at radius 3 is 0.781 bits per heavy atom. The van der Waals surface area contributed by atoms with Crippen LogP contribution in [-0.2, 0) is 24.0 Å². The number of rotatable bonds is 16. The molecule has 0 aliphatic carbocycles. The summed E-state index contributed by atoms with van der Waals surface area (Å²) in [5.74, 6) is -7.67. The predicted molar refractivity (Wildman–Crippen MR) is 80.1 cm³/mol. The van der Waals surface area contributed by atoms with Crippen LogP contribution >= 0.6 is 0 Å². The van der Waals surface area contributed by atoms with Crippen molar-refractivity contribution in [3.63, 3.8) is 0 Å². The molecular formula is C14H18CaN3Na3O10Yb. The van der Waals surface area contributed by atoms with Crippen molar-refractivity contribution in [1.29, 1.82) is 0 Å². The van der Waals surface area contributed by atoms with E-state index in [1.165, 1.54) is 4.90 Å². The van der Waals surface area contributed by atoms with Crippen molar-refractivity contribution in [3.05, 3.63) is 0 Å². The molecule has 0 atom stereocenters. The Hall–Kier alpha value is 3.01. The topological polar surface area (TPSA) is 210 Å². The zero-order chi connectivity index (χ0) is 21.0. The Kier molecular flexibility index (Phi) is 43.0. The van der Waals surface area contributed by atoms with E-state index in [9.17, 15) is 49.5 Å². The first kappa shape index (κ1) is 48.1. The Morgan fingerprint density at radius 1 is 0.438 bits per heavy atom. The van der Waals surface area contributed by atoms with Crippen LogP contribution in [0.4, 0.5) is 0 Å². The van der Waals surface area contributed by atoms with Crippen molar-refractivity contribution >= 4 is 67.6 Å². The normalized spacial score (nSPS) is 9.34. The van der Waals surface area contributed by atoms with Crippen LogP contribution in [-0.4, -0.2) is 141 Å². The first-order valence-corrected chi connectivity index (χ1v) is 7.66. The third kappa shape index (κ3) is 31.0. The minimum absolute atomic E-state index is 0. The molecule has 0 saturated heterocycles. The number of carbonyl (C=O) groups excluding carboxylic acids is 5. The van der Waals surface area contributed by atoms with E-state index >= 15 is 0 Å². The van der Waals surface area contributed by atoms with Crippen LogP contribution in [0.5, 0.6) is 0 Å². The van der Waals surface area contributed by atoms with Crippen LogP contribution in [0, 0.1) is 46.9 Å². The summed E-state index contributed by atoms with van der Waals surface area (Å²) in [5.41, 5.74) is 0. The number of nitrogens with zero attached hydrogens (tertiary/aromatic N) is 3. The summed E-state index contributed by atoms with van der Waals surface area (Å²) in [6.07, 6.45) is 0. The van der Waals surface area contributed by atoms with Gasteiger partial charge in [-0.15, -0.1) is 0 Å². The van der Waals surface area contributed by atoms with Gasteiger partial charge in [-0.2, -0.15) is 0 Å². The third-order valence-electron chi connectivity index (χ3n) is 3.23. The Labute approximate surface area is 320 Å². The molecule has 0 amide bonds. The van der Waals surface area contributed by atoms with Gasteiger partial charge in [0.25, 0.3) is 0 Å². The van der Waals surface area contributed by atoms with E-state index in [0.717, 1.165) is 9.80 Å². The van der Waals surface area contributed by atoms with Gasteiger partial charge in [-0.25, -0.2) is 0 Å². The van der Waals surface area contributed by atoms with Crippen molar-refractivity contribution in [2.45, 2.75) is 0 Å². The van der Waals surface area contributed by atoms with E-state index < -0.39 is 62.6 Å². The maximum atomic E-state index is 10.8. The third-order valence-corrected chi connectivity index (χ3v) is 3.23. The van der Waals surface area contributed by atoms with Gasteiger partial charge < -0.3 is 49.5 Å². The number of hydrogen-bond donors (Lipinski definition) is 0. The van der Waals surface area contributed by atoms with Gasteiger partial charge in [-0.3, -0.25) is 14.7 Å². The van der Waals surface area contributed by atoms with E-state index in [1.54, 1.807) is 0 Å². The molecule has 0 spiro atoms. The van der Waals surface area contributed by atoms with E-state index in [4.69, 9.17) is 0 Å². The molecule has 0 unspecified atom stereocenters. The Balaban J connectivity index is -0.000000338. The molecule has 0 aliphatic heterocycles. The average molecular weight is 670 g/mol. The molecule has 0 bridgehead atoms. The van der Waals surface area contributed by atoms with Crippen molar-refractivity contribution in [2.75, 3.05) is 58.9 Å². The minimum Gasteiger partial charge on any atom is -0.549 e. The SMILES string of the molecule is O=C([O-])CN(CCN(CC(=O)[O-])CC(=O)[O-])CCN(CC(=O)[O-])CC(=O)[O-].[Ca+2].[Na+].[Na+].[Na+].[Yb]. The number of carboxylic acids is 5. The molecular weight excluding hydrogens is 652 g/mol. The summed E-state index contributed by atoms with van der Waals surface area (Å²) in [6, 6.07) is 0. The van der Waals surface area contributed by atoms with Gasteiger partial charge in [0, 0.05) is 106 Å². The number of carbonyl (C=O) groups is 5. The molecule has 0 radical (unpaired) electrons. The first-order valence-electron chi connectivity index (χ1n) is 7.66. The molecule has 0 N–H and O–H groups in total. The second-order valence-corrected chi connectivity index (χ2v) is 5.56. The fourth-order valence-electron chi connectivity index (χ4n) is 2.18. The van der Waals surface area contributed by atoms with E-state index in [1.807, 2.05) is 0 Å². The minimum atomic E-state index is -1.54. The maximum Gasteiger partial charge on any atom is 2.00 e. The smallest absolute Gasteiger partial charge is 0.549 e. The zero-order valence-electron chi connectivity index (χ0n) is 18.3. The summed E-state index contributed by atoms with van der Waals surface area (Å²) in [4.78, 5) is 56.4. The number of aliphatic carboxylic acids is 5. The fourth-order valence-corrected chi connectivity index (χ4v) is 2.18. The second kappa shape index (κ2) is 28.6. The Bertz CT molecular complexity index is 508. The fraction of sp³-hybridized carbons (Fsp3) is 0.643. The van der Waals surface area contributed by atoms with Crippen LogP contribution in [0.1, 0.15) is 0 Å². The van der Waals surface area contributed by atoms with E-state index in [0.29, 0.717) is 0 Å². The number of carboxylic acid groups (broad SMARTS) is 5. The molecule has 0 aromatic heterocycles. The number of hydrogen-bond acceptors (Lipinski definition) is 13. The summed E-state index contributed by atoms with van der Waals surface area (Å²) < 4.78 is 0. The van der Waals surface area contributed by atoms with Crippen LogP contribution in [0.25, 0.3) is 0 Å². The molecule has 168 valence electrons. The molecule has 18 heteroatoms. The van der Waals surface area contributed by atoms with E-state index in [2.05, 4.69) is 0 Å². The van der Waals surface area contributed by atoms with Gasteiger partial charge >= 0.3 is 126 Å². The van der Waals surface area contributed by atoms with Gasteiger partial charge in [-0.05, 0) is 0 Å². The predicted octanol–water partition coefficient (Wildman–Crippen LogP) is -18.7. The van der Waals surface area contributed by atoms with Crippen molar-refractivity contribution in [2.24, 2.45) is 0 Å². The molecule has 0 fully saturated rings. The molecule has 0 heterocycles. The summed E-state index contributed by atoms with van der Waals surface area (Å²) >= 11 is 0. The quantitative estimate of drug-likeness (QED) is 0.140. The van der Waals surface area contributed by atoms with Crippen LogP contribution in [0.3, 0.4) is 0 Å². The van der Waals surface area contributed by atoms with Gasteiger partial charge in [0.05, 0.1) is 29.8 Å². The zero-order valence-corrected chi connectivity index (χ0v) is 28.2. The molecule has 0 aromatic carbocycles.